The molecule has 0 radical (unpaired) electrons. The normalized spacial score (nSPS) is 11.4. The summed E-state index contributed by atoms with van der Waals surface area (Å²) >= 11 is 3.33. The first-order valence-corrected chi connectivity index (χ1v) is 6.34. The number of alkyl carbamates (subject to hydrolysis) is 1. The number of amides is 1. The van der Waals surface area contributed by atoms with Gasteiger partial charge in [-0.05, 0) is 11.6 Å². The Morgan fingerprint density at radius 3 is 2.74 bits per heavy atom. The molecule has 5 nitrogen and oxygen atoms in total. The lowest BCUT2D eigenvalue weighted by molar-refractivity contribution is -0.139. The number of halogens is 1. The molecule has 0 aliphatic carbocycles. The minimum Gasteiger partial charge on any atom is -0.480 e. The van der Waals surface area contributed by atoms with Crippen molar-refractivity contribution in [3.63, 3.8) is 0 Å². The van der Waals surface area contributed by atoms with Crippen molar-refractivity contribution < 1.29 is 19.4 Å². The fourth-order valence-corrected chi connectivity index (χ4v) is 1.85. The van der Waals surface area contributed by atoms with E-state index >= 15 is 0 Å². The fourth-order valence-electron chi connectivity index (χ4n) is 1.40. The van der Waals surface area contributed by atoms with Gasteiger partial charge in [0.2, 0.25) is 0 Å². The van der Waals surface area contributed by atoms with E-state index in [0.717, 1.165) is 10.0 Å². The largest absolute Gasteiger partial charge is 0.480 e. The van der Waals surface area contributed by atoms with Crippen LogP contribution in [0, 0.1) is 0 Å². The molecule has 102 valence electrons. The molecule has 1 aromatic carbocycles. The van der Waals surface area contributed by atoms with E-state index in [0.29, 0.717) is 0 Å². The molecule has 2 N–H and O–H groups in total. The highest BCUT2D eigenvalue weighted by atomic mass is 79.9. The molecule has 0 saturated heterocycles. The molecular formula is C13H14BrNO4. The first-order chi connectivity index (χ1) is 9.04. The van der Waals surface area contributed by atoms with Gasteiger partial charge >= 0.3 is 12.1 Å². The Morgan fingerprint density at radius 2 is 2.16 bits per heavy atom. The number of carbonyl (C=O) groups is 2. The molecular weight excluding hydrogens is 314 g/mol. The highest BCUT2D eigenvalue weighted by Gasteiger charge is 2.21. The summed E-state index contributed by atoms with van der Waals surface area (Å²) in [4.78, 5) is 22.5. The zero-order chi connectivity index (χ0) is 14.3. The van der Waals surface area contributed by atoms with Crippen molar-refractivity contribution in [2.75, 3.05) is 6.61 Å². The van der Waals surface area contributed by atoms with Gasteiger partial charge in [-0.1, -0.05) is 46.8 Å². The number of ether oxygens (including phenoxy) is 1. The van der Waals surface area contributed by atoms with Crippen LogP contribution in [0.5, 0.6) is 0 Å². The molecule has 1 rings (SSSR count). The number of hydrogen-bond acceptors (Lipinski definition) is 3. The van der Waals surface area contributed by atoms with Gasteiger partial charge in [-0.25, -0.2) is 9.59 Å². The third-order valence-corrected chi connectivity index (χ3v) is 3.08. The lowest BCUT2D eigenvalue weighted by atomic mass is 10.1. The van der Waals surface area contributed by atoms with Crippen LogP contribution in [-0.2, 0) is 16.0 Å². The Labute approximate surface area is 119 Å². The third kappa shape index (κ3) is 5.13. The minimum absolute atomic E-state index is 0.0349. The van der Waals surface area contributed by atoms with Gasteiger partial charge in [-0.15, -0.1) is 0 Å². The lowest BCUT2D eigenvalue weighted by Gasteiger charge is -2.15. The quantitative estimate of drug-likeness (QED) is 0.786. The van der Waals surface area contributed by atoms with E-state index in [2.05, 4.69) is 27.8 Å². The van der Waals surface area contributed by atoms with Crippen molar-refractivity contribution in [1.82, 2.24) is 5.32 Å². The Morgan fingerprint density at radius 1 is 1.47 bits per heavy atom. The summed E-state index contributed by atoms with van der Waals surface area (Å²) in [6, 6.07) is 6.18. The monoisotopic (exact) mass is 327 g/mol. The predicted molar refractivity (Wildman–Crippen MR) is 74.0 cm³/mol. The van der Waals surface area contributed by atoms with Crippen LogP contribution in [0.15, 0.2) is 41.4 Å². The summed E-state index contributed by atoms with van der Waals surface area (Å²) in [5.74, 6) is -1.12. The highest BCUT2D eigenvalue weighted by Crippen LogP contribution is 2.17. The Hall–Kier alpha value is -1.82. The smallest absolute Gasteiger partial charge is 0.408 e. The highest BCUT2D eigenvalue weighted by molar-refractivity contribution is 9.10. The van der Waals surface area contributed by atoms with Crippen molar-refractivity contribution >= 4 is 28.0 Å². The van der Waals surface area contributed by atoms with Crippen molar-refractivity contribution in [3.8, 4) is 0 Å². The Kier molecular flexibility index (Phi) is 6.08. The van der Waals surface area contributed by atoms with Gasteiger partial charge in [0.25, 0.3) is 0 Å². The lowest BCUT2D eigenvalue weighted by Crippen LogP contribution is -2.42. The van der Waals surface area contributed by atoms with Gasteiger partial charge in [-0.2, -0.15) is 0 Å². The minimum atomic E-state index is -1.12. The summed E-state index contributed by atoms with van der Waals surface area (Å²) in [5.41, 5.74) is 0.791. The number of nitrogens with one attached hydrogen (secondary N) is 1. The van der Waals surface area contributed by atoms with E-state index in [-0.39, 0.29) is 13.0 Å². The van der Waals surface area contributed by atoms with Crippen LogP contribution in [0.1, 0.15) is 5.56 Å². The summed E-state index contributed by atoms with van der Waals surface area (Å²) in [6.07, 6.45) is 0.794. The summed E-state index contributed by atoms with van der Waals surface area (Å²) < 4.78 is 5.49. The maximum absolute atomic E-state index is 11.3. The number of rotatable bonds is 6. The molecule has 0 aromatic heterocycles. The number of aliphatic carboxylic acids is 1. The zero-order valence-electron chi connectivity index (χ0n) is 10.1. The summed E-state index contributed by atoms with van der Waals surface area (Å²) in [6.45, 7) is 3.43. The second kappa shape index (κ2) is 7.58. The Balaban J connectivity index is 2.68. The maximum Gasteiger partial charge on any atom is 0.408 e. The van der Waals surface area contributed by atoms with E-state index in [4.69, 9.17) is 9.84 Å². The first kappa shape index (κ1) is 15.2. The second-order valence-electron chi connectivity index (χ2n) is 3.72. The van der Waals surface area contributed by atoms with Gasteiger partial charge < -0.3 is 15.2 Å². The molecule has 0 fully saturated rings. The molecule has 0 aliphatic rings. The number of carboxylic acids is 1. The van der Waals surface area contributed by atoms with Crippen molar-refractivity contribution in [3.05, 3.63) is 47.0 Å². The van der Waals surface area contributed by atoms with Crippen LogP contribution < -0.4 is 5.32 Å². The summed E-state index contributed by atoms with van der Waals surface area (Å²) in [7, 11) is 0. The van der Waals surface area contributed by atoms with E-state index in [9.17, 15) is 9.59 Å². The first-order valence-electron chi connectivity index (χ1n) is 5.55. The molecule has 19 heavy (non-hydrogen) atoms. The van der Waals surface area contributed by atoms with Crippen LogP contribution in [0.4, 0.5) is 4.79 Å². The molecule has 0 spiro atoms. The van der Waals surface area contributed by atoms with Crippen LogP contribution in [0.25, 0.3) is 0 Å². The van der Waals surface area contributed by atoms with Crippen LogP contribution in [0.2, 0.25) is 0 Å². The number of carbonyl (C=O) groups excluding carboxylic acids is 1. The molecule has 6 heteroatoms. The van der Waals surface area contributed by atoms with Gasteiger partial charge in [0.05, 0.1) is 0 Å². The van der Waals surface area contributed by atoms with Gasteiger partial charge in [0.15, 0.2) is 0 Å². The molecule has 0 unspecified atom stereocenters. The zero-order valence-corrected chi connectivity index (χ0v) is 11.7. The number of carboxylic acid groups (broad SMARTS) is 1. The van der Waals surface area contributed by atoms with Crippen molar-refractivity contribution in [2.45, 2.75) is 12.5 Å². The van der Waals surface area contributed by atoms with Gasteiger partial charge in [0.1, 0.15) is 12.6 Å². The van der Waals surface area contributed by atoms with E-state index in [1.807, 2.05) is 12.1 Å². The maximum atomic E-state index is 11.3. The average Bonchev–Trinajstić information content (AvgIpc) is 2.38. The number of hydrogen-bond donors (Lipinski definition) is 2. The standard InChI is InChI=1S/C13H14BrNO4/c1-2-7-19-13(18)15-11(12(16)17)8-9-5-3-4-6-10(9)14/h2-6,11H,1,7-8H2,(H,15,18)(H,16,17)/t11-/m0/s1. The average molecular weight is 328 g/mol. The van der Waals surface area contributed by atoms with E-state index in [1.165, 1.54) is 6.08 Å². The molecule has 1 atom stereocenters. The van der Waals surface area contributed by atoms with Gasteiger partial charge in [0, 0.05) is 10.9 Å². The van der Waals surface area contributed by atoms with Gasteiger partial charge in [-0.3, -0.25) is 0 Å². The Bertz CT molecular complexity index is 475. The van der Waals surface area contributed by atoms with Crippen LogP contribution in [0.3, 0.4) is 0 Å². The molecule has 0 bridgehead atoms. The van der Waals surface area contributed by atoms with Crippen molar-refractivity contribution in [2.24, 2.45) is 0 Å². The van der Waals surface area contributed by atoms with E-state index < -0.39 is 18.1 Å². The van der Waals surface area contributed by atoms with Crippen molar-refractivity contribution in [1.29, 1.82) is 0 Å². The van der Waals surface area contributed by atoms with Crippen LogP contribution in [-0.4, -0.2) is 29.8 Å². The second-order valence-corrected chi connectivity index (χ2v) is 4.57. The van der Waals surface area contributed by atoms with Crippen LogP contribution >= 0.6 is 15.9 Å². The number of benzene rings is 1. The summed E-state index contributed by atoms with van der Waals surface area (Å²) in [5, 5.41) is 11.4. The molecule has 0 aliphatic heterocycles. The molecule has 1 aromatic rings. The topological polar surface area (TPSA) is 75.6 Å². The predicted octanol–water partition coefficient (Wildman–Crippen LogP) is 2.36. The van der Waals surface area contributed by atoms with E-state index in [1.54, 1.807) is 12.1 Å². The molecule has 0 heterocycles. The third-order valence-electron chi connectivity index (χ3n) is 2.30. The molecule has 0 saturated carbocycles. The SMILES string of the molecule is C=CCOC(=O)N[C@@H](Cc1ccccc1Br)C(=O)O. The molecule has 1 amide bonds. The fraction of sp³-hybridized carbons (Fsp3) is 0.231.